The van der Waals surface area contributed by atoms with Crippen molar-refractivity contribution in [2.45, 2.75) is 19.8 Å². The molecule has 2 heterocycles. The molecule has 1 aliphatic rings. The Bertz CT molecular complexity index is 565. The lowest BCUT2D eigenvalue weighted by Crippen LogP contribution is -2.27. The smallest absolute Gasteiger partial charge is 0.131 e. The fraction of sp³-hybridized carbons (Fsp3) is 0.312. The average Bonchev–Trinajstić information content (AvgIpc) is 2.62. The Morgan fingerprint density at radius 3 is 2.32 bits per heavy atom. The second kappa shape index (κ2) is 4.92. The Balaban J connectivity index is 1.85. The highest BCUT2D eigenvalue weighted by atomic mass is 15.2. The molecule has 0 fully saturated rings. The number of benzene rings is 1. The Morgan fingerprint density at radius 2 is 1.74 bits per heavy atom. The quantitative estimate of drug-likeness (QED) is 0.849. The van der Waals surface area contributed by atoms with Gasteiger partial charge in [0.25, 0.3) is 0 Å². The van der Waals surface area contributed by atoms with Crippen LogP contribution in [-0.2, 0) is 12.8 Å². The van der Waals surface area contributed by atoms with E-state index in [0.29, 0.717) is 0 Å². The van der Waals surface area contributed by atoms with Crippen molar-refractivity contribution in [3.8, 4) is 0 Å². The molecule has 2 N–H and O–H groups in total. The highest BCUT2D eigenvalue weighted by Crippen LogP contribution is 2.23. The van der Waals surface area contributed by atoms with Crippen LogP contribution in [0.25, 0.3) is 0 Å². The van der Waals surface area contributed by atoms with E-state index in [1.54, 1.807) is 6.20 Å². The van der Waals surface area contributed by atoms with E-state index in [1.807, 2.05) is 6.07 Å². The van der Waals surface area contributed by atoms with E-state index in [-0.39, 0.29) is 0 Å². The summed E-state index contributed by atoms with van der Waals surface area (Å²) >= 11 is 0. The zero-order valence-corrected chi connectivity index (χ0v) is 11.3. The van der Waals surface area contributed by atoms with Crippen molar-refractivity contribution < 1.29 is 0 Å². The first-order chi connectivity index (χ1) is 9.24. The molecule has 0 bridgehead atoms. The summed E-state index contributed by atoms with van der Waals surface area (Å²) < 4.78 is 0. The number of nitrogens with two attached hydrogens (primary N) is 1. The van der Waals surface area contributed by atoms with Gasteiger partial charge in [-0.25, -0.2) is 4.98 Å². The first-order valence-corrected chi connectivity index (χ1v) is 6.78. The number of rotatable bonds is 1. The molecule has 0 atom stereocenters. The number of aryl methyl sites for hydroxylation is 1. The van der Waals surface area contributed by atoms with E-state index in [4.69, 9.17) is 5.73 Å². The summed E-state index contributed by atoms with van der Waals surface area (Å²) in [4.78, 5) is 6.88. The van der Waals surface area contributed by atoms with Crippen molar-refractivity contribution in [1.82, 2.24) is 4.98 Å². The summed E-state index contributed by atoms with van der Waals surface area (Å²) in [6.07, 6.45) is 3.92. The summed E-state index contributed by atoms with van der Waals surface area (Å²) in [5, 5.41) is 0. The van der Waals surface area contributed by atoms with Crippen LogP contribution in [0.2, 0.25) is 0 Å². The van der Waals surface area contributed by atoms with Crippen LogP contribution in [0, 0.1) is 6.92 Å². The van der Waals surface area contributed by atoms with E-state index in [2.05, 4.69) is 41.1 Å². The van der Waals surface area contributed by atoms with E-state index >= 15 is 0 Å². The van der Waals surface area contributed by atoms with Crippen molar-refractivity contribution >= 4 is 11.5 Å². The van der Waals surface area contributed by atoms with Gasteiger partial charge in [0.1, 0.15) is 5.82 Å². The molecule has 1 aromatic heterocycles. The molecule has 0 aliphatic carbocycles. The topological polar surface area (TPSA) is 42.1 Å². The van der Waals surface area contributed by atoms with Gasteiger partial charge in [-0.05, 0) is 42.5 Å². The Hall–Kier alpha value is -2.03. The monoisotopic (exact) mass is 253 g/mol. The number of fused-ring (bicyclic) bond motifs is 1. The van der Waals surface area contributed by atoms with E-state index in [9.17, 15) is 0 Å². The molecule has 98 valence electrons. The highest BCUT2D eigenvalue weighted by molar-refractivity contribution is 5.53. The maximum absolute atomic E-state index is 5.78. The third kappa shape index (κ3) is 2.41. The lowest BCUT2D eigenvalue weighted by Gasteiger charge is -2.23. The van der Waals surface area contributed by atoms with Gasteiger partial charge < -0.3 is 10.6 Å². The molecule has 0 saturated carbocycles. The Labute approximate surface area is 114 Å². The van der Waals surface area contributed by atoms with Gasteiger partial charge in [-0.15, -0.1) is 0 Å². The Morgan fingerprint density at radius 1 is 1.11 bits per heavy atom. The number of hydrogen-bond acceptors (Lipinski definition) is 3. The molecule has 0 amide bonds. The van der Waals surface area contributed by atoms with Gasteiger partial charge in [-0.3, -0.25) is 0 Å². The number of nitrogens with zero attached hydrogens (tertiary/aromatic N) is 2. The zero-order chi connectivity index (χ0) is 13.2. The molecule has 1 aromatic carbocycles. The van der Waals surface area contributed by atoms with Gasteiger partial charge in [0.2, 0.25) is 0 Å². The summed E-state index contributed by atoms with van der Waals surface area (Å²) in [6.45, 7) is 4.13. The number of anilines is 2. The minimum absolute atomic E-state index is 0.736. The molecule has 1 aliphatic heterocycles. The minimum atomic E-state index is 0.736. The van der Waals surface area contributed by atoms with Gasteiger partial charge >= 0.3 is 0 Å². The molecule has 2 aromatic rings. The normalized spacial score (nSPS) is 14.9. The predicted molar refractivity (Wildman–Crippen MR) is 79.4 cm³/mol. The van der Waals surface area contributed by atoms with Crippen LogP contribution in [0.4, 0.5) is 11.5 Å². The second-order valence-electron chi connectivity index (χ2n) is 5.16. The maximum atomic E-state index is 5.78. The number of aromatic nitrogens is 1. The van der Waals surface area contributed by atoms with E-state index in [1.165, 1.54) is 11.1 Å². The molecular weight excluding hydrogens is 234 g/mol. The fourth-order valence-corrected chi connectivity index (χ4v) is 2.80. The molecule has 0 radical (unpaired) electrons. The highest BCUT2D eigenvalue weighted by Gasteiger charge is 2.16. The van der Waals surface area contributed by atoms with Crippen molar-refractivity contribution in [2.24, 2.45) is 0 Å². The van der Waals surface area contributed by atoms with Crippen LogP contribution < -0.4 is 10.6 Å². The standard InChI is InChI=1S/C16H19N3/c1-12-10-15(17)11-18-16(12)19-8-6-13-4-2-3-5-14(13)7-9-19/h2-5,10-11H,6-9,17H2,1H3. The SMILES string of the molecule is Cc1cc(N)cnc1N1CCc2ccccc2CC1. The van der Waals surface area contributed by atoms with Crippen LogP contribution >= 0.6 is 0 Å². The van der Waals surface area contributed by atoms with Gasteiger partial charge in [0, 0.05) is 13.1 Å². The first kappa shape index (κ1) is 12.0. The van der Waals surface area contributed by atoms with E-state index in [0.717, 1.165) is 43.0 Å². The van der Waals surface area contributed by atoms with Gasteiger partial charge in [-0.1, -0.05) is 24.3 Å². The van der Waals surface area contributed by atoms with Crippen LogP contribution in [0.5, 0.6) is 0 Å². The summed E-state index contributed by atoms with van der Waals surface area (Å²) in [6, 6.07) is 10.7. The lowest BCUT2D eigenvalue weighted by molar-refractivity contribution is 0.787. The van der Waals surface area contributed by atoms with Crippen molar-refractivity contribution in [3.63, 3.8) is 0 Å². The van der Waals surface area contributed by atoms with Crippen LogP contribution in [0.1, 0.15) is 16.7 Å². The molecular formula is C16H19N3. The third-order valence-electron chi connectivity index (χ3n) is 3.79. The van der Waals surface area contributed by atoms with Crippen molar-refractivity contribution in [2.75, 3.05) is 23.7 Å². The first-order valence-electron chi connectivity index (χ1n) is 6.78. The predicted octanol–water partition coefficient (Wildman–Crippen LogP) is 2.58. The minimum Gasteiger partial charge on any atom is -0.397 e. The van der Waals surface area contributed by atoms with Gasteiger partial charge in [0.15, 0.2) is 0 Å². The summed E-state index contributed by atoms with van der Waals surface area (Å²) in [5.41, 5.74) is 10.6. The number of nitrogen functional groups attached to an aromatic ring is 1. The molecule has 0 spiro atoms. The van der Waals surface area contributed by atoms with Crippen LogP contribution in [0.3, 0.4) is 0 Å². The third-order valence-corrected chi connectivity index (χ3v) is 3.79. The molecule has 3 rings (SSSR count). The summed E-state index contributed by atoms with van der Waals surface area (Å²) in [7, 11) is 0. The molecule has 0 unspecified atom stereocenters. The number of hydrogen-bond donors (Lipinski definition) is 1. The van der Waals surface area contributed by atoms with Crippen molar-refractivity contribution in [3.05, 3.63) is 53.2 Å². The second-order valence-corrected chi connectivity index (χ2v) is 5.16. The summed E-state index contributed by atoms with van der Waals surface area (Å²) in [5.74, 6) is 1.07. The number of pyridine rings is 1. The zero-order valence-electron chi connectivity index (χ0n) is 11.3. The van der Waals surface area contributed by atoms with Crippen LogP contribution in [-0.4, -0.2) is 18.1 Å². The largest absolute Gasteiger partial charge is 0.397 e. The molecule has 3 heteroatoms. The molecule has 0 saturated heterocycles. The van der Waals surface area contributed by atoms with Gasteiger partial charge in [0.05, 0.1) is 11.9 Å². The molecule has 19 heavy (non-hydrogen) atoms. The van der Waals surface area contributed by atoms with Gasteiger partial charge in [-0.2, -0.15) is 0 Å². The maximum Gasteiger partial charge on any atom is 0.131 e. The molecule has 3 nitrogen and oxygen atoms in total. The van der Waals surface area contributed by atoms with Crippen LogP contribution in [0.15, 0.2) is 36.5 Å². The lowest BCUT2D eigenvalue weighted by atomic mass is 10.0. The fourth-order valence-electron chi connectivity index (χ4n) is 2.80. The van der Waals surface area contributed by atoms with Crippen molar-refractivity contribution in [1.29, 1.82) is 0 Å². The average molecular weight is 253 g/mol. The Kier molecular flexibility index (Phi) is 3.11. The van der Waals surface area contributed by atoms with E-state index < -0.39 is 0 Å².